The van der Waals surface area contributed by atoms with Gasteiger partial charge in [0.15, 0.2) is 5.82 Å². The normalized spacial score (nSPS) is 14.1. The van der Waals surface area contributed by atoms with E-state index in [1.807, 2.05) is 4.90 Å². The minimum atomic E-state index is -0.302. The van der Waals surface area contributed by atoms with Gasteiger partial charge < -0.3 is 19.7 Å². The van der Waals surface area contributed by atoms with Gasteiger partial charge >= 0.3 is 6.01 Å². The summed E-state index contributed by atoms with van der Waals surface area (Å²) in [7, 11) is 1.49. The Labute approximate surface area is 160 Å². The van der Waals surface area contributed by atoms with Gasteiger partial charge in [0, 0.05) is 18.0 Å². The second-order valence-electron chi connectivity index (χ2n) is 5.66. The first kappa shape index (κ1) is 19.3. The van der Waals surface area contributed by atoms with Crippen LogP contribution in [0.25, 0.3) is 0 Å². The zero-order valence-corrected chi connectivity index (χ0v) is 15.7. The van der Waals surface area contributed by atoms with Crippen LogP contribution in [0.4, 0.5) is 10.3 Å². The van der Waals surface area contributed by atoms with Gasteiger partial charge in [-0.25, -0.2) is 4.39 Å². The molecule has 3 rings (SSSR count). The molecule has 2 aromatic rings. The van der Waals surface area contributed by atoms with Gasteiger partial charge in [-0.3, -0.25) is 4.79 Å². The summed E-state index contributed by atoms with van der Waals surface area (Å²) in [5.41, 5.74) is 0. The van der Waals surface area contributed by atoms with Crippen LogP contribution in [-0.2, 0) is 16.1 Å². The Morgan fingerprint density at radius 2 is 2.00 bits per heavy atom. The van der Waals surface area contributed by atoms with Crippen molar-refractivity contribution in [2.24, 2.45) is 0 Å². The molecule has 1 N–H and O–H groups in total. The predicted molar refractivity (Wildman–Crippen MR) is 98.4 cm³/mol. The molecule has 27 heavy (non-hydrogen) atoms. The maximum atomic E-state index is 12.9. The Balaban J connectivity index is 1.56. The SMILES string of the molecule is COc1nc(CNC(=O)CSc2ccc(F)cc2)nc(N2CCOCC2)n1. The van der Waals surface area contributed by atoms with Crippen LogP contribution < -0.4 is 15.0 Å². The summed E-state index contributed by atoms with van der Waals surface area (Å²) in [4.78, 5) is 27.7. The van der Waals surface area contributed by atoms with Crippen molar-refractivity contribution in [1.29, 1.82) is 0 Å². The molecule has 0 saturated carbocycles. The molecular formula is C17H20FN5O3S. The number of carbonyl (C=O) groups excluding carboxylic acids is 1. The Kier molecular flexibility index (Phi) is 6.77. The summed E-state index contributed by atoms with van der Waals surface area (Å²) in [5.74, 6) is 0.670. The number of anilines is 1. The van der Waals surface area contributed by atoms with Crippen molar-refractivity contribution in [3.63, 3.8) is 0 Å². The molecule has 0 aliphatic carbocycles. The van der Waals surface area contributed by atoms with E-state index in [2.05, 4.69) is 20.3 Å². The lowest BCUT2D eigenvalue weighted by atomic mass is 10.4. The number of methoxy groups -OCH3 is 1. The van der Waals surface area contributed by atoms with Crippen molar-refractivity contribution in [3.05, 3.63) is 35.9 Å². The lowest BCUT2D eigenvalue weighted by Gasteiger charge is -2.26. The highest BCUT2D eigenvalue weighted by Crippen LogP contribution is 2.18. The molecule has 144 valence electrons. The zero-order valence-electron chi connectivity index (χ0n) is 14.9. The third-order valence-electron chi connectivity index (χ3n) is 3.75. The summed E-state index contributed by atoms with van der Waals surface area (Å²) in [6.07, 6.45) is 0. The molecular weight excluding hydrogens is 373 g/mol. The molecule has 0 atom stereocenters. The molecule has 8 nitrogen and oxygen atoms in total. The van der Waals surface area contributed by atoms with Gasteiger partial charge in [0.25, 0.3) is 0 Å². The quantitative estimate of drug-likeness (QED) is 0.704. The van der Waals surface area contributed by atoms with Gasteiger partial charge in [-0.1, -0.05) is 0 Å². The molecule has 10 heteroatoms. The number of rotatable bonds is 7. The van der Waals surface area contributed by atoms with E-state index in [0.29, 0.717) is 38.1 Å². The highest BCUT2D eigenvalue weighted by molar-refractivity contribution is 8.00. The van der Waals surface area contributed by atoms with Crippen LogP contribution in [0.15, 0.2) is 29.2 Å². The van der Waals surface area contributed by atoms with E-state index in [0.717, 1.165) is 4.90 Å². The number of thioether (sulfide) groups is 1. The van der Waals surface area contributed by atoms with E-state index in [4.69, 9.17) is 9.47 Å². The molecule has 1 aliphatic heterocycles. The maximum absolute atomic E-state index is 12.9. The lowest BCUT2D eigenvalue weighted by molar-refractivity contribution is -0.118. The lowest BCUT2D eigenvalue weighted by Crippen LogP contribution is -2.37. The van der Waals surface area contributed by atoms with Gasteiger partial charge in [-0.2, -0.15) is 15.0 Å². The summed E-state index contributed by atoms with van der Waals surface area (Å²) < 4.78 is 23.4. The van der Waals surface area contributed by atoms with Crippen LogP contribution in [0.2, 0.25) is 0 Å². The number of amides is 1. The van der Waals surface area contributed by atoms with E-state index in [9.17, 15) is 9.18 Å². The van der Waals surface area contributed by atoms with Crippen LogP contribution in [0, 0.1) is 5.82 Å². The van der Waals surface area contributed by atoms with E-state index >= 15 is 0 Å². The molecule has 2 heterocycles. The van der Waals surface area contributed by atoms with Crippen LogP contribution in [0.5, 0.6) is 6.01 Å². The van der Waals surface area contributed by atoms with Crippen LogP contribution in [0.1, 0.15) is 5.82 Å². The average Bonchev–Trinajstić information content (AvgIpc) is 2.72. The number of halogens is 1. The third kappa shape index (κ3) is 5.76. The van der Waals surface area contributed by atoms with Crippen molar-refractivity contribution in [2.75, 3.05) is 44.1 Å². The van der Waals surface area contributed by atoms with Crippen LogP contribution in [-0.4, -0.2) is 60.0 Å². The number of benzene rings is 1. The summed E-state index contributed by atoms with van der Waals surface area (Å²) in [6.45, 7) is 2.76. The van der Waals surface area contributed by atoms with Crippen molar-refractivity contribution in [3.8, 4) is 6.01 Å². The highest BCUT2D eigenvalue weighted by Gasteiger charge is 2.17. The summed E-state index contributed by atoms with van der Waals surface area (Å²) in [5, 5.41) is 2.78. The molecule has 1 fully saturated rings. The smallest absolute Gasteiger partial charge is 0.321 e. The average molecular weight is 393 g/mol. The predicted octanol–water partition coefficient (Wildman–Crippen LogP) is 1.26. The molecule has 0 unspecified atom stereocenters. The molecule has 0 radical (unpaired) electrons. The second kappa shape index (κ2) is 9.47. The number of ether oxygens (including phenoxy) is 2. The van der Waals surface area contributed by atoms with Gasteiger partial charge in [-0.05, 0) is 24.3 Å². The summed E-state index contributed by atoms with van der Waals surface area (Å²) in [6, 6.07) is 6.21. The fourth-order valence-corrected chi connectivity index (χ4v) is 3.10. The number of aromatic nitrogens is 3. The molecule has 1 aromatic heterocycles. The molecule has 1 aliphatic rings. The second-order valence-corrected chi connectivity index (χ2v) is 6.71. The van der Waals surface area contributed by atoms with E-state index in [1.165, 1.54) is 31.0 Å². The third-order valence-corrected chi connectivity index (χ3v) is 4.77. The van der Waals surface area contributed by atoms with Crippen LogP contribution in [0.3, 0.4) is 0 Å². The molecule has 1 amide bonds. The largest absolute Gasteiger partial charge is 0.467 e. The van der Waals surface area contributed by atoms with E-state index < -0.39 is 0 Å². The standard InChI is InChI=1S/C17H20FN5O3S/c1-25-17-21-14(20-16(22-17)23-6-8-26-9-7-23)10-19-15(24)11-27-13-4-2-12(18)3-5-13/h2-5H,6-11H2,1H3,(H,19,24). The van der Waals surface area contributed by atoms with E-state index in [-0.39, 0.29) is 30.0 Å². The minimum Gasteiger partial charge on any atom is -0.467 e. The van der Waals surface area contributed by atoms with Crippen LogP contribution >= 0.6 is 11.8 Å². The zero-order chi connectivity index (χ0) is 19.1. The minimum absolute atomic E-state index is 0.166. The number of hydrogen-bond donors (Lipinski definition) is 1. The number of hydrogen-bond acceptors (Lipinski definition) is 8. The number of nitrogens with zero attached hydrogens (tertiary/aromatic N) is 4. The fraction of sp³-hybridized carbons (Fsp3) is 0.412. The summed E-state index contributed by atoms with van der Waals surface area (Å²) >= 11 is 1.33. The maximum Gasteiger partial charge on any atom is 0.321 e. The molecule has 1 aromatic carbocycles. The van der Waals surface area contributed by atoms with E-state index in [1.54, 1.807) is 12.1 Å². The Morgan fingerprint density at radius 3 is 2.70 bits per heavy atom. The Morgan fingerprint density at radius 1 is 1.26 bits per heavy atom. The first-order valence-corrected chi connectivity index (χ1v) is 9.39. The van der Waals surface area contributed by atoms with Crippen molar-refractivity contribution >= 4 is 23.6 Å². The first-order chi connectivity index (χ1) is 13.1. The van der Waals surface area contributed by atoms with Gasteiger partial charge in [0.2, 0.25) is 11.9 Å². The highest BCUT2D eigenvalue weighted by atomic mass is 32.2. The first-order valence-electron chi connectivity index (χ1n) is 8.41. The number of morpholine rings is 1. The van der Waals surface area contributed by atoms with Crippen molar-refractivity contribution in [2.45, 2.75) is 11.4 Å². The monoisotopic (exact) mass is 393 g/mol. The Bertz CT molecular complexity index is 772. The molecule has 1 saturated heterocycles. The number of nitrogens with one attached hydrogen (secondary N) is 1. The molecule has 0 spiro atoms. The molecule has 0 bridgehead atoms. The Hall–Kier alpha value is -2.46. The van der Waals surface area contributed by atoms with Crippen molar-refractivity contribution < 1.29 is 18.7 Å². The fourth-order valence-electron chi connectivity index (χ4n) is 2.37. The van der Waals surface area contributed by atoms with Gasteiger partial charge in [0.05, 0.1) is 32.6 Å². The topological polar surface area (TPSA) is 89.5 Å². The van der Waals surface area contributed by atoms with Crippen molar-refractivity contribution in [1.82, 2.24) is 20.3 Å². The van der Waals surface area contributed by atoms with Gasteiger partial charge in [-0.15, -0.1) is 11.8 Å². The number of carbonyl (C=O) groups is 1. The van der Waals surface area contributed by atoms with Gasteiger partial charge in [0.1, 0.15) is 5.82 Å².